The Morgan fingerprint density at radius 1 is 0.667 bits per heavy atom. The minimum absolute atomic E-state index is 0.397. The third-order valence-electron chi connectivity index (χ3n) is 6.10. The number of hydrogen-bond donors (Lipinski definition) is 4. The highest BCUT2D eigenvalue weighted by molar-refractivity contribution is 7.80. The quantitative estimate of drug-likeness (QED) is 0.471. The average Bonchev–Trinajstić information content (AvgIpc) is 2.70. The predicted molar refractivity (Wildman–Crippen MR) is 137 cm³/mol. The first-order chi connectivity index (χ1) is 14.3. The first-order valence-electron chi connectivity index (χ1n) is 10.6. The fourth-order valence-electron chi connectivity index (χ4n) is 3.84. The zero-order chi connectivity index (χ0) is 21.7. The number of nitrogens with one attached hydrogen (secondary N) is 4. The van der Waals surface area contributed by atoms with Crippen LogP contribution in [-0.2, 0) is 0 Å². The predicted octanol–water partition coefficient (Wildman–Crippen LogP) is 5.50. The van der Waals surface area contributed by atoms with E-state index in [1.807, 2.05) is 0 Å². The summed E-state index contributed by atoms with van der Waals surface area (Å²) < 4.78 is 0. The fourth-order valence-corrected chi connectivity index (χ4v) is 4.40. The molecule has 1 aliphatic carbocycles. The molecule has 0 bridgehead atoms. The molecule has 1 fully saturated rings. The van der Waals surface area contributed by atoms with Crippen molar-refractivity contribution in [3.63, 3.8) is 0 Å². The normalized spacial score (nSPS) is 18.4. The second-order valence-corrected chi connectivity index (χ2v) is 9.06. The zero-order valence-corrected chi connectivity index (χ0v) is 19.9. The van der Waals surface area contributed by atoms with E-state index in [1.54, 1.807) is 0 Å². The molecule has 3 rings (SSSR count). The highest BCUT2D eigenvalue weighted by Gasteiger charge is 2.22. The maximum Gasteiger partial charge on any atom is 0.171 e. The van der Waals surface area contributed by atoms with Gasteiger partial charge in [-0.05, 0) is 112 Å². The van der Waals surface area contributed by atoms with Crippen molar-refractivity contribution in [3.05, 3.63) is 58.7 Å². The number of aryl methyl sites for hydroxylation is 2. The van der Waals surface area contributed by atoms with Crippen LogP contribution in [0.3, 0.4) is 0 Å². The van der Waals surface area contributed by atoms with Crippen LogP contribution in [0.2, 0.25) is 0 Å². The van der Waals surface area contributed by atoms with Crippen LogP contribution in [0.25, 0.3) is 0 Å². The van der Waals surface area contributed by atoms with Crippen molar-refractivity contribution in [3.8, 4) is 0 Å². The Bertz CT molecular complexity index is 842. The van der Waals surface area contributed by atoms with Crippen molar-refractivity contribution in [2.75, 3.05) is 10.6 Å². The summed E-state index contributed by atoms with van der Waals surface area (Å²) in [5, 5.41) is 15.1. The van der Waals surface area contributed by atoms with Gasteiger partial charge in [0.25, 0.3) is 0 Å². The van der Waals surface area contributed by atoms with Crippen molar-refractivity contribution >= 4 is 46.0 Å². The number of rotatable bonds is 4. The van der Waals surface area contributed by atoms with Crippen molar-refractivity contribution < 1.29 is 0 Å². The Balaban J connectivity index is 1.43. The fraction of sp³-hybridized carbons (Fsp3) is 0.417. The molecule has 0 amide bonds. The molecule has 4 N–H and O–H groups in total. The highest BCUT2D eigenvalue weighted by atomic mass is 32.1. The Morgan fingerprint density at radius 3 is 1.40 bits per heavy atom. The van der Waals surface area contributed by atoms with Crippen LogP contribution >= 0.6 is 24.4 Å². The Hall–Kier alpha value is -2.18. The minimum Gasteiger partial charge on any atom is -0.360 e. The van der Waals surface area contributed by atoms with Gasteiger partial charge < -0.3 is 21.3 Å². The van der Waals surface area contributed by atoms with Gasteiger partial charge in [-0.1, -0.05) is 24.3 Å². The number of thiocarbonyl (C=S) groups is 2. The monoisotopic (exact) mass is 440 g/mol. The van der Waals surface area contributed by atoms with Gasteiger partial charge in [-0.25, -0.2) is 0 Å². The summed E-state index contributed by atoms with van der Waals surface area (Å²) in [6.07, 6.45) is 4.27. The molecule has 0 saturated heterocycles. The van der Waals surface area contributed by atoms with Crippen molar-refractivity contribution in [2.45, 2.75) is 65.5 Å². The molecule has 1 aliphatic rings. The van der Waals surface area contributed by atoms with E-state index in [-0.39, 0.29) is 0 Å². The molecule has 0 unspecified atom stereocenters. The van der Waals surface area contributed by atoms with Gasteiger partial charge in [0.15, 0.2) is 10.2 Å². The summed E-state index contributed by atoms with van der Waals surface area (Å²) in [6.45, 7) is 8.47. The molecule has 2 aromatic carbocycles. The molecule has 0 heterocycles. The summed E-state index contributed by atoms with van der Waals surface area (Å²) in [7, 11) is 0. The molecule has 160 valence electrons. The van der Waals surface area contributed by atoms with Crippen molar-refractivity contribution in [1.29, 1.82) is 0 Å². The standard InChI is InChI=1S/C24H32N4S2/c1-15-7-5-9-21(17(15)3)27-23(29)25-19-11-13-20(14-12-19)26-24(30)28-22-10-6-8-16(2)18(22)4/h5-10,19-20H,11-14H2,1-4H3,(H2,25,27,29)(H2,26,28,30). The highest BCUT2D eigenvalue weighted by Crippen LogP contribution is 2.22. The molecule has 0 radical (unpaired) electrons. The van der Waals surface area contributed by atoms with Gasteiger partial charge in [0.2, 0.25) is 0 Å². The van der Waals surface area contributed by atoms with Gasteiger partial charge in [-0.2, -0.15) is 0 Å². The van der Waals surface area contributed by atoms with Crippen molar-refractivity contribution in [2.24, 2.45) is 0 Å². The number of hydrogen-bond acceptors (Lipinski definition) is 2. The molecule has 2 aromatic rings. The van der Waals surface area contributed by atoms with E-state index in [0.717, 1.165) is 37.1 Å². The summed E-state index contributed by atoms with van der Waals surface area (Å²) in [5.74, 6) is 0. The van der Waals surface area contributed by atoms with Crippen LogP contribution in [0.15, 0.2) is 36.4 Å². The SMILES string of the molecule is Cc1cccc(NC(=S)NC2CCC(NC(=S)Nc3cccc(C)c3C)CC2)c1C. The van der Waals surface area contributed by atoms with Gasteiger partial charge in [0.05, 0.1) is 0 Å². The van der Waals surface area contributed by atoms with Crippen LogP contribution in [-0.4, -0.2) is 22.3 Å². The van der Waals surface area contributed by atoms with E-state index < -0.39 is 0 Å². The molecule has 0 aliphatic heterocycles. The first-order valence-corrected chi connectivity index (χ1v) is 11.4. The molecular weight excluding hydrogens is 408 g/mol. The Labute approximate surface area is 191 Å². The van der Waals surface area contributed by atoms with E-state index in [2.05, 4.69) is 85.4 Å². The maximum atomic E-state index is 5.55. The Kier molecular flexibility index (Phi) is 7.67. The van der Waals surface area contributed by atoms with Crippen LogP contribution in [0, 0.1) is 27.7 Å². The van der Waals surface area contributed by atoms with Crippen LogP contribution < -0.4 is 21.3 Å². The summed E-state index contributed by atoms with van der Waals surface area (Å²) in [5.41, 5.74) is 7.15. The smallest absolute Gasteiger partial charge is 0.171 e. The van der Waals surface area contributed by atoms with Crippen LogP contribution in [0.5, 0.6) is 0 Å². The van der Waals surface area contributed by atoms with Gasteiger partial charge in [0, 0.05) is 23.5 Å². The minimum atomic E-state index is 0.397. The first kappa shape index (κ1) is 22.5. The third kappa shape index (κ3) is 5.92. The lowest BCUT2D eigenvalue weighted by molar-refractivity contribution is 0.356. The molecule has 0 spiro atoms. The average molecular weight is 441 g/mol. The molecule has 30 heavy (non-hydrogen) atoms. The number of benzene rings is 2. The van der Waals surface area contributed by atoms with Crippen molar-refractivity contribution in [1.82, 2.24) is 10.6 Å². The number of anilines is 2. The molecule has 0 aromatic heterocycles. The second-order valence-electron chi connectivity index (χ2n) is 8.24. The molecule has 6 heteroatoms. The van der Waals surface area contributed by atoms with E-state index in [1.165, 1.54) is 22.3 Å². The zero-order valence-electron chi connectivity index (χ0n) is 18.3. The largest absolute Gasteiger partial charge is 0.360 e. The third-order valence-corrected chi connectivity index (χ3v) is 6.54. The maximum absolute atomic E-state index is 5.55. The van der Waals surface area contributed by atoms with E-state index in [0.29, 0.717) is 22.3 Å². The van der Waals surface area contributed by atoms with Gasteiger partial charge in [-0.15, -0.1) is 0 Å². The molecule has 4 nitrogen and oxygen atoms in total. The second kappa shape index (κ2) is 10.2. The lowest BCUT2D eigenvalue weighted by Gasteiger charge is -2.31. The Morgan fingerprint density at radius 2 is 1.03 bits per heavy atom. The van der Waals surface area contributed by atoms with E-state index >= 15 is 0 Å². The van der Waals surface area contributed by atoms with E-state index in [9.17, 15) is 0 Å². The van der Waals surface area contributed by atoms with Gasteiger partial charge in [-0.3, -0.25) is 0 Å². The van der Waals surface area contributed by atoms with Gasteiger partial charge in [0.1, 0.15) is 0 Å². The molecule has 1 saturated carbocycles. The van der Waals surface area contributed by atoms with Crippen LogP contribution in [0.1, 0.15) is 47.9 Å². The van der Waals surface area contributed by atoms with E-state index in [4.69, 9.17) is 24.4 Å². The van der Waals surface area contributed by atoms with Crippen LogP contribution in [0.4, 0.5) is 11.4 Å². The summed E-state index contributed by atoms with van der Waals surface area (Å²) in [6, 6.07) is 13.3. The van der Waals surface area contributed by atoms with Gasteiger partial charge >= 0.3 is 0 Å². The molecular formula is C24H32N4S2. The molecule has 0 atom stereocenters. The topological polar surface area (TPSA) is 48.1 Å². The lowest BCUT2D eigenvalue weighted by atomic mass is 9.91. The lowest BCUT2D eigenvalue weighted by Crippen LogP contribution is -2.45. The summed E-state index contributed by atoms with van der Waals surface area (Å²) >= 11 is 11.1. The summed E-state index contributed by atoms with van der Waals surface area (Å²) in [4.78, 5) is 0.